The summed E-state index contributed by atoms with van der Waals surface area (Å²) in [5.74, 6) is -0.0856. The summed E-state index contributed by atoms with van der Waals surface area (Å²) >= 11 is 3.88. The second-order valence-corrected chi connectivity index (χ2v) is 6.77. The first-order valence-corrected chi connectivity index (χ1v) is 7.72. The summed E-state index contributed by atoms with van der Waals surface area (Å²) < 4.78 is 5.74. The summed E-state index contributed by atoms with van der Waals surface area (Å²) in [6.07, 6.45) is 1.88. The van der Waals surface area contributed by atoms with E-state index in [0.29, 0.717) is 10.0 Å². The third-order valence-electron chi connectivity index (χ3n) is 2.07. The van der Waals surface area contributed by atoms with E-state index in [1.54, 1.807) is 6.92 Å². The number of hydrogen-bond donors (Lipinski definition) is 1. The lowest BCUT2D eigenvalue weighted by molar-refractivity contribution is 0.0701. The van der Waals surface area contributed by atoms with Crippen molar-refractivity contribution >= 4 is 40.6 Å². The number of hydrogen-bond acceptors (Lipinski definition) is 7. The number of carboxylic acid groups (broad SMARTS) is 1. The van der Waals surface area contributed by atoms with Gasteiger partial charge in [0.15, 0.2) is 8.68 Å². The molecule has 0 aromatic carbocycles. The summed E-state index contributed by atoms with van der Waals surface area (Å²) in [5, 5.41) is 8.95. The van der Waals surface area contributed by atoms with E-state index < -0.39 is 5.97 Å². The van der Waals surface area contributed by atoms with Gasteiger partial charge in [0.1, 0.15) is 10.7 Å². The van der Waals surface area contributed by atoms with Gasteiger partial charge in [0.25, 0.3) is 0 Å². The van der Waals surface area contributed by atoms with Gasteiger partial charge in [0, 0.05) is 6.42 Å². The summed E-state index contributed by atoms with van der Waals surface area (Å²) in [6.45, 7) is 3.78. The number of rotatable bonds is 5. The highest BCUT2D eigenvalue weighted by molar-refractivity contribution is 8.02. The molecular formula is C10H11N3O2S3. The molecule has 8 heteroatoms. The standard InChI is InChI=1S/C10H11N3O2S3/c1-3-4-6-12-10(18-13-6)17-9-11-5(2)7(16-9)8(14)15/h3-4H2,1-2H3,(H,14,15). The lowest BCUT2D eigenvalue weighted by atomic mass is 10.3. The zero-order valence-electron chi connectivity index (χ0n) is 9.84. The van der Waals surface area contributed by atoms with Gasteiger partial charge < -0.3 is 5.11 Å². The smallest absolute Gasteiger partial charge is 0.347 e. The molecule has 0 spiro atoms. The second kappa shape index (κ2) is 5.77. The lowest BCUT2D eigenvalue weighted by Gasteiger charge is -1.88. The van der Waals surface area contributed by atoms with Crippen LogP contribution in [0.15, 0.2) is 8.68 Å². The van der Waals surface area contributed by atoms with Crippen LogP contribution in [0, 0.1) is 6.92 Å². The SMILES string of the molecule is CCCc1nsc(Sc2nc(C)c(C(=O)O)s2)n1. The van der Waals surface area contributed by atoms with E-state index >= 15 is 0 Å². The zero-order chi connectivity index (χ0) is 13.1. The maximum Gasteiger partial charge on any atom is 0.347 e. The Morgan fingerprint density at radius 2 is 2.17 bits per heavy atom. The number of carbonyl (C=O) groups is 1. The summed E-state index contributed by atoms with van der Waals surface area (Å²) in [7, 11) is 0. The monoisotopic (exact) mass is 301 g/mol. The number of carboxylic acids is 1. The van der Waals surface area contributed by atoms with Gasteiger partial charge >= 0.3 is 5.97 Å². The van der Waals surface area contributed by atoms with E-state index in [-0.39, 0.29) is 4.88 Å². The van der Waals surface area contributed by atoms with Crippen LogP contribution in [0.5, 0.6) is 0 Å². The van der Waals surface area contributed by atoms with E-state index in [1.807, 2.05) is 0 Å². The van der Waals surface area contributed by atoms with Crippen molar-refractivity contribution in [1.29, 1.82) is 0 Å². The highest BCUT2D eigenvalue weighted by atomic mass is 32.2. The number of thiazole rings is 1. The molecule has 2 heterocycles. The van der Waals surface area contributed by atoms with E-state index in [0.717, 1.165) is 23.0 Å². The van der Waals surface area contributed by atoms with Gasteiger partial charge in [-0.15, -0.1) is 0 Å². The Balaban J connectivity index is 2.13. The van der Waals surface area contributed by atoms with Crippen LogP contribution >= 0.6 is 34.6 Å². The molecule has 5 nitrogen and oxygen atoms in total. The molecule has 2 rings (SSSR count). The predicted octanol–water partition coefficient (Wildman–Crippen LogP) is 3.10. The van der Waals surface area contributed by atoms with Gasteiger partial charge in [0.2, 0.25) is 0 Å². The van der Waals surface area contributed by atoms with Crippen molar-refractivity contribution in [3.8, 4) is 0 Å². The number of aryl methyl sites for hydroxylation is 2. The van der Waals surface area contributed by atoms with Crippen molar-refractivity contribution in [3.63, 3.8) is 0 Å². The molecule has 18 heavy (non-hydrogen) atoms. The van der Waals surface area contributed by atoms with E-state index in [9.17, 15) is 4.79 Å². The predicted molar refractivity (Wildman–Crippen MR) is 71.8 cm³/mol. The Hall–Kier alpha value is -0.990. The average Bonchev–Trinajstić information content (AvgIpc) is 2.87. The minimum atomic E-state index is -0.930. The molecule has 1 N–H and O–H groups in total. The van der Waals surface area contributed by atoms with Gasteiger partial charge in [-0.2, -0.15) is 4.37 Å². The second-order valence-electron chi connectivity index (χ2n) is 3.53. The molecule has 96 valence electrons. The Bertz CT molecular complexity index is 564. The molecule has 0 aliphatic heterocycles. The Labute approximate surface area is 116 Å². The molecule has 2 aromatic heterocycles. The molecule has 0 bridgehead atoms. The van der Waals surface area contributed by atoms with E-state index in [2.05, 4.69) is 21.3 Å². The van der Waals surface area contributed by atoms with Crippen molar-refractivity contribution in [3.05, 3.63) is 16.4 Å². The molecular weight excluding hydrogens is 290 g/mol. The third-order valence-corrected chi connectivity index (χ3v) is 5.06. The molecule has 0 amide bonds. The summed E-state index contributed by atoms with van der Waals surface area (Å²) in [5.41, 5.74) is 0.549. The first-order valence-electron chi connectivity index (χ1n) is 5.31. The van der Waals surface area contributed by atoms with Gasteiger partial charge in [-0.25, -0.2) is 14.8 Å². The molecule has 0 aliphatic rings. The Morgan fingerprint density at radius 1 is 1.39 bits per heavy atom. The Kier molecular flexibility index (Phi) is 4.31. The van der Waals surface area contributed by atoms with Gasteiger partial charge in [-0.1, -0.05) is 18.3 Å². The van der Waals surface area contributed by atoms with Crippen molar-refractivity contribution in [2.45, 2.75) is 35.4 Å². The molecule has 0 fully saturated rings. The third kappa shape index (κ3) is 3.06. The fourth-order valence-corrected chi connectivity index (χ4v) is 4.18. The fraction of sp³-hybridized carbons (Fsp3) is 0.400. The molecule has 0 saturated carbocycles. The summed E-state index contributed by atoms with van der Waals surface area (Å²) in [6, 6.07) is 0. The molecule has 0 atom stereocenters. The molecule has 0 unspecified atom stereocenters. The first-order chi connectivity index (χ1) is 8.60. The van der Waals surface area contributed by atoms with Crippen LogP contribution in [0.3, 0.4) is 0 Å². The van der Waals surface area contributed by atoms with E-state index in [1.165, 1.54) is 34.6 Å². The van der Waals surface area contributed by atoms with Crippen molar-refractivity contribution in [2.75, 3.05) is 0 Å². The number of aromatic carboxylic acids is 1. The minimum Gasteiger partial charge on any atom is -0.477 e. The molecule has 0 radical (unpaired) electrons. The highest BCUT2D eigenvalue weighted by Crippen LogP contribution is 2.33. The number of aromatic nitrogens is 3. The van der Waals surface area contributed by atoms with Crippen LogP contribution in [0.1, 0.15) is 34.5 Å². The fourth-order valence-electron chi connectivity index (χ4n) is 1.29. The quantitative estimate of drug-likeness (QED) is 0.914. The maximum atomic E-state index is 10.9. The number of nitrogens with zero attached hydrogens (tertiary/aromatic N) is 3. The maximum absolute atomic E-state index is 10.9. The van der Waals surface area contributed by atoms with Crippen LogP contribution in [-0.2, 0) is 6.42 Å². The zero-order valence-corrected chi connectivity index (χ0v) is 12.3. The molecule has 0 aliphatic carbocycles. The average molecular weight is 301 g/mol. The normalized spacial score (nSPS) is 10.8. The summed E-state index contributed by atoms with van der Waals surface area (Å²) in [4.78, 5) is 19.8. The topological polar surface area (TPSA) is 76.0 Å². The van der Waals surface area contributed by atoms with Gasteiger partial charge in [0.05, 0.1) is 5.69 Å². The lowest BCUT2D eigenvalue weighted by Crippen LogP contribution is -1.94. The highest BCUT2D eigenvalue weighted by Gasteiger charge is 2.16. The van der Waals surface area contributed by atoms with E-state index in [4.69, 9.17) is 5.11 Å². The van der Waals surface area contributed by atoms with Gasteiger partial charge in [-0.3, -0.25) is 0 Å². The van der Waals surface area contributed by atoms with Gasteiger partial charge in [-0.05, 0) is 36.6 Å². The molecule has 2 aromatic rings. The van der Waals surface area contributed by atoms with Crippen molar-refractivity contribution < 1.29 is 9.90 Å². The minimum absolute atomic E-state index is 0.288. The van der Waals surface area contributed by atoms with Crippen LogP contribution in [0.4, 0.5) is 0 Å². The largest absolute Gasteiger partial charge is 0.477 e. The van der Waals surface area contributed by atoms with Crippen molar-refractivity contribution in [1.82, 2.24) is 14.3 Å². The van der Waals surface area contributed by atoms with Crippen LogP contribution in [0.2, 0.25) is 0 Å². The molecule has 0 saturated heterocycles. The van der Waals surface area contributed by atoms with Crippen molar-refractivity contribution in [2.24, 2.45) is 0 Å². The van der Waals surface area contributed by atoms with Crippen LogP contribution < -0.4 is 0 Å². The van der Waals surface area contributed by atoms with Crippen LogP contribution in [-0.4, -0.2) is 25.4 Å². The first kappa shape index (κ1) is 13.4. The van der Waals surface area contributed by atoms with Crippen LogP contribution in [0.25, 0.3) is 0 Å². The Morgan fingerprint density at radius 3 is 2.78 bits per heavy atom.